The summed E-state index contributed by atoms with van der Waals surface area (Å²) in [5.41, 5.74) is 2.08. The van der Waals surface area contributed by atoms with E-state index in [2.05, 4.69) is 10.4 Å². The average Bonchev–Trinajstić information content (AvgIpc) is 2.70. The Labute approximate surface area is 118 Å². The van der Waals surface area contributed by atoms with Crippen molar-refractivity contribution in [1.82, 2.24) is 9.78 Å². The predicted molar refractivity (Wildman–Crippen MR) is 78.1 cm³/mol. The Hall–Kier alpha value is -2.30. The smallest absolute Gasteiger partial charge is 0.273 e. The molecular weight excluding hydrogens is 254 g/mol. The number of hydrogen-bond donors (Lipinski definition) is 1. The van der Waals surface area contributed by atoms with Gasteiger partial charge in [-0.15, -0.1) is 0 Å². The SMILES string of the molecule is Cc1cc(C(=O)Nc2ccc(OC(C)C)cc2)n(C)n1. The maximum Gasteiger partial charge on any atom is 0.273 e. The molecule has 1 N–H and O–H groups in total. The summed E-state index contributed by atoms with van der Waals surface area (Å²) in [6.07, 6.45) is 0.132. The Kier molecular flexibility index (Phi) is 4.08. The van der Waals surface area contributed by atoms with Gasteiger partial charge in [-0.3, -0.25) is 9.48 Å². The molecular formula is C15H19N3O2. The van der Waals surface area contributed by atoms with Gasteiger partial charge in [0, 0.05) is 12.7 Å². The molecule has 0 fully saturated rings. The first-order valence-electron chi connectivity index (χ1n) is 6.54. The number of amides is 1. The molecule has 5 nitrogen and oxygen atoms in total. The third-order valence-electron chi connectivity index (χ3n) is 2.72. The number of carbonyl (C=O) groups excluding carboxylic acids is 1. The molecule has 5 heteroatoms. The van der Waals surface area contributed by atoms with E-state index >= 15 is 0 Å². The summed E-state index contributed by atoms with van der Waals surface area (Å²) >= 11 is 0. The van der Waals surface area contributed by atoms with E-state index < -0.39 is 0 Å². The van der Waals surface area contributed by atoms with E-state index in [9.17, 15) is 4.79 Å². The van der Waals surface area contributed by atoms with Crippen LogP contribution in [0.25, 0.3) is 0 Å². The second kappa shape index (κ2) is 5.77. The van der Waals surface area contributed by atoms with Crippen molar-refractivity contribution in [1.29, 1.82) is 0 Å². The van der Waals surface area contributed by atoms with Gasteiger partial charge >= 0.3 is 0 Å². The third-order valence-corrected chi connectivity index (χ3v) is 2.72. The van der Waals surface area contributed by atoms with Crippen LogP contribution in [-0.4, -0.2) is 21.8 Å². The van der Waals surface area contributed by atoms with E-state index in [-0.39, 0.29) is 12.0 Å². The van der Waals surface area contributed by atoms with Gasteiger partial charge in [0.2, 0.25) is 0 Å². The molecule has 20 heavy (non-hydrogen) atoms. The lowest BCUT2D eigenvalue weighted by Gasteiger charge is -2.10. The van der Waals surface area contributed by atoms with Gasteiger partial charge in [0.05, 0.1) is 11.8 Å². The molecule has 0 aliphatic carbocycles. The van der Waals surface area contributed by atoms with E-state index in [1.165, 1.54) is 0 Å². The molecule has 106 valence electrons. The van der Waals surface area contributed by atoms with Crippen molar-refractivity contribution in [3.8, 4) is 5.75 Å². The highest BCUT2D eigenvalue weighted by molar-refractivity contribution is 6.03. The summed E-state index contributed by atoms with van der Waals surface area (Å²) in [7, 11) is 1.75. The number of ether oxygens (including phenoxy) is 1. The summed E-state index contributed by atoms with van der Waals surface area (Å²) in [5.74, 6) is 0.611. The summed E-state index contributed by atoms with van der Waals surface area (Å²) in [4.78, 5) is 12.1. The van der Waals surface area contributed by atoms with Crippen LogP contribution < -0.4 is 10.1 Å². The van der Waals surface area contributed by atoms with Crippen LogP contribution in [0.15, 0.2) is 30.3 Å². The van der Waals surface area contributed by atoms with E-state index in [0.717, 1.165) is 17.1 Å². The maximum absolute atomic E-state index is 12.1. The topological polar surface area (TPSA) is 56.1 Å². The monoisotopic (exact) mass is 273 g/mol. The van der Waals surface area contributed by atoms with Gasteiger partial charge in [-0.05, 0) is 51.1 Å². The van der Waals surface area contributed by atoms with Crippen LogP contribution in [0.3, 0.4) is 0 Å². The highest BCUT2D eigenvalue weighted by atomic mass is 16.5. The molecule has 1 heterocycles. The zero-order valence-electron chi connectivity index (χ0n) is 12.2. The Morgan fingerprint density at radius 3 is 2.45 bits per heavy atom. The highest BCUT2D eigenvalue weighted by Crippen LogP contribution is 2.17. The Balaban J connectivity index is 2.06. The van der Waals surface area contributed by atoms with Gasteiger partial charge in [0.1, 0.15) is 11.4 Å². The molecule has 0 bridgehead atoms. The maximum atomic E-state index is 12.1. The number of benzene rings is 1. The standard InChI is InChI=1S/C15H19N3O2/c1-10(2)20-13-7-5-12(6-8-13)16-15(19)14-9-11(3)17-18(14)4/h5-10H,1-4H3,(H,16,19). The van der Waals surface area contributed by atoms with Crippen molar-refractivity contribution in [3.05, 3.63) is 41.7 Å². The van der Waals surface area contributed by atoms with E-state index in [0.29, 0.717) is 5.69 Å². The molecule has 0 aliphatic rings. The molecule has 0 radical (unpaired) electrons. The zero-order chi connectivity index (χ0) is 14.7. The van der Waals surface area contributed by atoms with Gasteiger partial charge in [-0.25, -0.2) is 0 Å². The van der Waals surface area contributed by atoms with E-state index in [1.54, 1.807) is 17.8 Å². The van der Waals surface area contributed by atoms with E-state index in [1.807, 2.05) is 45.0 Å². The Bertz CT molecular complexity index is 600. The molecule has 0 unspecified atom stereocenters. The highest BCUT2D eigenvalue weighted by Gasteiger charge is 2.11. The Morgan fingerprint density at radius 2 is 1.95 bits per heavy atom. The third kappa shape index (κ3) is 3.38. The molecule has 1 aromatic carbocycles. The predicted octanol–water partition coefficient (Wildman–Crippen LogP) is 2.77. The number of carbonyl (C=O) groups is 1. The number of nitrogens with zero attached hydrogens (tertiary/aromatic N) is 2. The normalized spacial score (nSPS) is 10.7. The molecule has 2 rings (SSSR count). The van der Waals surface area contributed by atoms with Crippen molar-refractivity contribution in [2.75, 3.05) is 5.32 Å². The van der Waals surface area contributed by atoms with E-state index in [4.69, 9.17) is 4.74 Å². The molecule has 0 spiro atoms. The summed E-state index contributed by atoms with van der Waals surface area (Å²) in [6, 6.07) is 9.07. The fraction of sp³-hybridized carbons (Fsp3) is 0.333. The summed E-state index contributed by atoms with van der Waals surface area (Å²) < 4.78 is 7.12. The molecule has 1 aromatic heterocycles. The number of aromatic nitrogens is 2. The van der Waals surface area contributed by atoms with Crippen LogP contribution in [0.1, 0.15) is 30.0 Å². The quantitative estimate of drug-likeness (QED) is 0.932. The summed E-state index contributed by atoms with van der Waals surface area (Å²) in [5, 5.41) is 6.99. The fourth-order valence-electron chi connectivity index (χ4n) is 1.91. The molecule has 1 amide bonds. The molecule has 0 saturated heterocycles. The van der Waals surface area contributed by atoms with Gasteiger partial charge in [0.25, 0.3) is 5.91 Å². The van der Waals surface area contributed by atoms with Crippen molar-refractivity contribution < 1.29 is 9.53 Å². The van der Waals surface area contributed by atoms with Crippen molar-refractivity contribution in [2.45, 2.75) is 26.9 Å². The largest absolute Gasteiger partial charge is 0.491 e. The first-order chi connectivity index (χ1) is 9.45. The lowest BCUT2D eigenvalue weighted by molar-refractivity contribution is 0.101. The van der Waals surface area contributed by atoms with Crippen LogP contribution in [0.4, 0.5) is 5.69 Å². The van der Waals surface area contributed by atoms with Crippen LogP contribution in [0.5, 0.6) is 5.75 Å². The minimum absolute atomic E-state index is 0.132. The molecule has 0 aliphatic heterocycles. The lowest BCUT2D eigenvalue weighted by atomic mass is 10.2. The van der Waals surface area contributed by atoms with Crippen molar-refractivity contribution in [3.63, 3.8) is 0 Å². The van der Waals surface area contributed by atoms with Gasteiger partial charge in [0.15, 0.2) is 0 Å². The van der Waals surface area contributed by atoms with Crippen molar-refractivity contribution >= 4 is 11.6 Å². The van der Waals surface area contributed by atoms with Gasteiger partial charge < -0.3 is 10.1 Å². The number of anilines is 1. The molecule has 2 aromatic rings. The first kappa shape index (κ1) is 14.1. The van der Waals surface area contributed by atoms with Crippen molar-refractivity contribution in [2.24, 2.45) is 7.05 Å². The second-order valence-corrected chi connectivity index (χ2v) is 4.94. The molecule has 0 atom stereocenters. The number of rotatable bonds is 4. The molecule has 0 saturated carbocycles. The van der Waals surface area contributed by atoms with Crippen LogP contribution >= 0.6 is 0 Å². The number of aryl methyl sites for hydroxylation is 2. The van der Waals surface area contributed by atoms with Gasteiger partial charge in [-0.1, -0.05) is 0 Å². The average molecular weight is 273 g/mol. The first-order valence-corrected chi connectivity index (χ1v) is 6.54. The van der Waals surface area contributed by atoms with Crippen LogP contribution in [-0.2, 0) is 7.05 Å². The number of hydrogen-bond acceptors (Lipinski definition) is 3. The van der Waals surface area contributed by atoms with Crippen LogP contribution in [0.2, 0.25) is 0 Å². The van der Waals surface area contributed by atoms with Crippen LogP contribution in [0, 0.1) is 6.92 Å². The lowest BCUT2D eigenvalue weighted by Crippen LogP contribution is -2.16. The second-order valence-electron chi connectivity index (χ2n) is 4.94. The number of nitrogens with one attached hydrogen (secondary N) is 1. The minimum atomic E-state index is -0.175. The fourth-order valence-corrected chi connectivity index (χ4v) is 1.91. The summed E-state index contributed by atoms with van der Waals surface area (Å²) in [6.45, 7) is 5.80. The Morgan fingerprint density at radius 1 is 1.30 bits per heavy atom. The van der Waals surface area contributed by atoms with Gasteiger partial charge in [-0.2, -0.15) is 5.10 Å². The minimum Gasteiger partial charge on any atom is -0.491 e. The zero-order valence-corrected chi connectivity index (χ0v) is 12.2.